The minimum Gasteiger partial charge on any atom is -0.342 e. The van der Waals surface area contributed by atoms with E-state index in [1.54, 1.807) is 0 Å². The second kappa shape index (κ2) is 8.28. The number of hydrogen-bond acceptors (Lipinski definition) is 2. The van der Waals surface area contributed by atoms with Gasteiger partial charge in [-0.2, -0.15) is 0 Å². The van der Waals surface area contributed by atoms with Crippen molar-refractivity contribution in [2.24, 2.45) is 11.8 Å². The van der Waals surface area contributed by atoms with Crippen LogP contribution in [0.3, 0.4) is 0 Å². The van der Waals surface area contributed by atoms with Crippen LogP contribution < -0.4 is 0 Å². The summed E-state index contributed by atoms with van der Waals surface area (Å²) < 4.78 is 2.35. The summed E-state index contributed by atoms with van der Waals surface area (Å²) in [6.45, 7) is 5.06. The summed E-state index contributed by atoms with van der Waals surface area (Å²) in [5.74, 6) is 2.54. The molecule has 2 fully saturated rings. The van der Waals surface area contributed by atoms with Gasteiger partial charge in [0.15, 0.2) is 0 Å². The van der Waals surface area contributed by atoms with E-state index in [2.05, 4.69) is 45.6 Å². The van der Waals surface area contributed by atoms with E-state index >= 15 is 0 Å². The molecule has 1 saturated carbocycles. The van der Waals surface area contributed by atoms with E-state index in [4.69, 9.17) is 0 Å². The maximum absolute atomic E-state index is 12.6. The molecule has 4 nitrogen and oxygen atoms in total. The first-order valence-corrected chi connectivity index (χ1v) is 10.6. The standard InChI is InChI=1S/C23H31N3O/c1-18-17-24-22(20-7-3-2-4-8-20)26(18)16-13-19-11-14-25(15-12-19)23(27)21-9-5-6-10-21/h2-4,7-8,17,19,21H,5-6,9-16H2,1H3. The van der Waals surface area contributed by atoms with Crippen LogP contribution in [0.4, 0.5) is 0 Å². The quantitative estimate of drug-likeness (QED) is 0.772. The minimum absolute atomic E-state index is 0.323. The highest BCUT2D eigenvalue weighted by atomic mass is 16.2. The molecule has 4 rings (SSSR count). The van der Waals surface area contributed by atoms with Crippen molar-refractivity contribution in [3.05, 3.63) is 42.2 Å². The second-order valence-corrected chi connectivity index (χ2v) is 8.28. The zero-order chi connectivity index (χ0) is 18.6. The summed E-state index contributed by atoms with van der Waals surface area (Å²) in [5.41, 5.74) is 2.41. The third-order valence-corrected chi connectivity index (χ3v) is 6.48. The number of likely N-dealkylation sites (tertiary alicyclic amines) is 1. The Balaban J connectivity index is 1.32. The van der Waals surface area contributed by atoms with Crippen LogP contribution >= 0.6 is 0 Å². The fraction of sp³-hybridized carbons (Fsp3) is 0.565. The van der Waals surface area contributed by atoms with Gasteiger partial charge < -0.3 is 9.47 Å². The van der Waals surface area contributed by atoms with Crippen molar-refractivity contribution in [1.82, 2.24) is 14.5 Å². The molecule has 2 aromatic rings. The summed E-state index contributed by atoms with van der Waals surface area (Å²) in [7, 11) is 0. The molecule has 0 spiro atoms. The number of carbonyl (C=O) groups excluding carboxylic acids is 1. The average Bonchev–Trinajstić information content (AvgIpc) is 3.37. The van der Waals surface area contributed by atoms with Crippen molar-refractivity contribution in [2.45, 2.75) is 58.4 Å². The molecular formula is C23H31N3O. The predicted molar refractivity (Wildman–Crippen MR) is 108 cm³/mol. The number of piperidine rings is 1. The molecule has 1 aliphatic carbocycles. The van der Waals surface area contributed by atoms with Gasteiger partial charge in [0, 0.05) is 43.0 Å². The minimum atomic E-state index is 0.323. The van der Waals surface area contributed by atoms with Crippen LogP contribution in [0.15, 0.2) is 36.5 Å². The van der Waals surface area contributed by atoms with Crippen LogP contribution in [-0.2, 0) is 11.3 Å². The van der Waals surface area contributed by atoms with Crippen molar-refractivity contribution < 1.29 is 4.79 Å². The molecule has 1 saturated heterocycles. The zero-order valence-electron chi connectivity index (χ0n) is 16.4. The number of imidazole rings is 1. The van der Waals surface area contributed by atoms with Gasteiger partial charge in [-0.05, 0) is 44.9 Å². The zero-order valence-corrected chi connectivity index (χ0v) is 16.4. The van der Waals surface area contributed by atoms with Crippen LogP contribution in [0.2, 0.25) is 0 Å². The molecule has 0 N–H and O–H groups in total. The molecule has 2 heterocycles. The van der Waals surface area contributed by atoms with E-state index < -0.39 is 0 Å². The van der Waals surface area contributed by atoms with Crippen LogP contribution in [0, 0.1) is 18.8 Å². The Hall–Kier alpha value is -2.10. The summed E-state index contributed by atoms with van der Waals surface area (Å²) in [6, 6.07) is 10.4. The number of aryl methyl sites for hydroxylation is 1. The lowest BCUT2D eigenvalue weighted by atomic mass is 9.92. The summed E-state index contributed by atoms with van der Waals surface area (Å²) >= 11 is 0. The molecule has 2 aliphatic rings. The van der Waals surface area contributed by atoms with Crippen molar-refractivity contribution in [3.8, 4) is 11.4 Å². The third-order valence-electron chi connectivity index (χ3n) is 6.48. The Bertz CT molecular complexity index is 753. The number of hydrogen-bond donors (Lipinski definition) is 0. The van der Waals surface area contributed by atoms with Gasteiger partial charge in [0.05, 0.1) is 0 Å². The Morgan fingerprint density at radius 1 is 1.07 bits per heavy atom. The molecule has 0 bridgehead atoms. The molecule has 27 heavy (non-hydrogen) atoms. The lowest BCUT2D eigenvalue weighted by Gasteiger charge is -2.33. The fourth-order valence-corrected chi connectivity index (χ4v) is 4.75. The number of benzene rings is 1. The molecule has 0 radical (unpaired) electrons. The van der Waals surface area contributed by atoms with Gasteiger partial charge in [-0.3, -0.25) is 4.79 Å². The number of amides is 1. The predicted octanol–water partition coefficient (Wildman–Crippen LogP) is 4.68. The lowest BCUT2D eigenvalue weighted by Crippen LogP contribution is -2.41. The van der Waals surface area contributed by atoms with Crippen molar-refractivity contribution >= 4 is 5.91 Å². The van der Waals surface area contributed by atoms with Gasteiger partial charge in [-0.15, -0.1) is 0 Å². The van der Waals surface area contributed by atoms with Crippen molar-refractivity contribution in [1.29, 1.82) is 0 Å². The van der Waals surface area contributed by atoms with E-state index in [9.17, 15) is 4.79 Å². The Kier molecular flexibility index (Phi) is 5.61. The second-order valence-electron chi connectivity index (χ2n) is 8.28. The third kappa shape index (κ3) is 4.10. The molecule has 0 atom stereocenters. The van der Waals surface area contributed by atoms with Gasteiger partial charge in [0.1, 0.15) is 5.82 Å². The highest BCUT2D eigenvalue weighted by Crippen LogP contribution is 2.29. The highest BCUT2D eigenvalue weighted by Gasteiger charge is 2.30. The van der Waals surface area contributed by atoms with E-state index in [-0.39, 0.29) is 0 Å². The van der Waals surface area contributed by atoms with Gasteiger partial charge in [-0.25, -0.2) is 4.98 Å². The Morgan fingerprint density at radius 2 is 1.78 bits per heavy atom. The van der Waals surface area contributed by atoms with Gasteiger partial charge in [0.2, 0.25) is 5.91 Å². The monoisotopic (exact) mass is 365 g/mol. The van der Waals surface area contributed by atoms with Crippen LogP contribution in [0.1, 0.15) is 50.6 Å². The molecule has 0 unspecified atom stereocenters. The van der Waals surface area contributed by atoms with Crippen molar-refractivity contribution in [2.75, 3.05) is 13.1 Å². The summed E-state index contributed by atoms with van der Waals surface area (Å²) in [6.07, 6.45) is 10.1. The molecule has 1 amide bonds. The first-order valence-electron chi connectivity index (χ1n) is 10.6. The number of nitrogens with zero attached hydrogens (tertiary/aromatic N) is 3. The molecule has 1 aromatic carbocycles. The topological polar surface area (TPSA) is 38.1 Å². The molecule has 144 valence electrons. The number of rotatable bonds is 5. The van der Waals surface area contributed by atoms with Crippen LogP contribution in [-0.4, -0.2) is 33.4 Å². The van der Waals surface area contributed by atoms with Gasteiger partial charge >= 0.3 is 0 Å². The van der Waals surface area contributed by atoms with E-state index in [0.717, 1.165) is 51.1 Å². The van der Waals surface area contributed by atoms with Gasteiger partial charge in [-0.1, -0.05) is 43.2 Å². The smallest absolute Gasteiger partial charge is 0.225 e. The summed E-state index contributed by atoms with van der Waals surface area (Å²) in [5, 5.41) is 0. The Labute approximate surface area is 162 Å². The lowest BCUT2D eigenvalue weighted by molar-refractivity contribution is -0.136. The normalized spacial score (nSPS) is 18.9. The molecule has 1 aliphatic heterocycles. The molecule has 4 heteroatoms. The van der Waals surface area contributed by atoms with Crippen LogP contribution in [0.25, 0.3) is 11.4 Å². The first kappa shape index (κ1) is 18.3. The maximum Gasteiger partial charge on any atom is 0.225 e. The average molecular weight is 366 g/mol. The number of carbonyl (C=O) groups is 1. The largest absolute Gasteiger partial charge is 0.342 e. The SMILES string of the molecule is Cc1cnc(-c2ccccc2)n1CCC1CCN(C(=O)C2CCCC2)CC1. The van der Waals surface area contributed by atoms with E-state index in [1.165, 1.54) is 30.5 Å². The first-order chi connectivity index (χ1) is 13.2. The van der Waals surface area contributed by atoms with Gasteiger partial charge in [0.25, 0.3) is 0 Å². The van der Waals surface area contributed by atoms with E-state index in [1.807, 2.05) is 12.3 Å². The highest BCUT2D eigenvalue weighted by molar-refractivity contribution is 5.79. The summed E-state index contributed by atoms with van der Waals surface area (Å²) in [4.78, 5) is 19.4. The number of aromatic nitrogens is 2. The molecular weight excluding hydrogens is 334 g/mol. The van der Waals surface area contributed by atoms with Crippen LogP contribution in [0.5, 0.6) is 0 Å². The fourth-order valence-electron chi connectivity index (χ4n) is 4.75. The maximum atomic E-state index is 12.6. The van der Waals surface area contributed by atoms with E-state index in [0.29, 0.717) is 17.7 Å². The van der Waals surface area contributed by atoms with Crippen molar-refractivity contribution in [3.63, 3.8) is 0 Å². The molecule has 1 aromatic heterocycles. The Morgan fingerprint density at radius 3 is 2.48 bits per heavy atom.